The van der Waals surface area contributed by atoms with Crippen LogP contribution in [-0.4, -0.2) is 24.5 Å². The van der Waals surface area contributed by atoms with E-state index in [1.165, 1.54) is 30.5 Å². The molecule has 6 nitrogen and oxygen atoms in total. The lowest BCUT2D eigenvalue weighted by Crippen LogP contribution is -2.16. The van der Waals surface area contributed by atoms with Gasteiger partial charge in [0, 0.05) is 11.9 Å². The molecule has 0 saturated heterocycles. The number of pyridine rings is 1. The number of carbonyl (C=O) groups is 1. The van der Waals surface area contributed by atoms with Gasteiger partial charge in [0.05, 0.1) is 6.42 Å². The molecule has 110 valence electrons. The number of benzene rings is 1. The number of nitrogens with zero attached hydrogens (tertiary/aromatic N) is 1. The molecule has 0 spiro atoms. The van der Waals surface area contributed by atoms with E-state index in [2.05, 4.69) is 9.71 Å². The summed E-state index contributed by atoms with van der Waals surface area (Å²) in [7, 11) is -4.17. The molecule has 1 heterocycles. The summed E-state index contributed by atoms with van der Waals surface area (Å²) in [6.07, 6.45) is 0.923. The molecule has 0 atom stereocenters. The lowest BCUT2D eigenvalue weighted by Gasteiger charge is -2.08. The molecule has 2 aromatic rings. The summed E-state index contributed by atoms with van der Waals surface area (Å²) < 4.78 is 39.7. The van der Waals surface area contributed by atoms with Crippen LogP contribution in [0, 0.1) is 5.82 Å². The number of sulfonamides is 1. The summed E-state index contributed by atoms with van der Waals surface area (Å²) >= 11 is 0. The number of anilines is 1. The Kier molecular flexibility index (Phi) is 4.18. The Hall–Kier alpha value is -2.48. The second-order valence-corrected chi connectivity index (χ2v) is 5.76. The van der Waals surface area contributed by atoms with Crippen LogP contribution in [0.5, 0.6) is 0 Å². The summed E-state index contributed by atoms with van der Waals surface area (Å²) in [4.78, 5) is 14.1. The van der Waals surface area contributed by atoms with Crippen LogP contribution in [0.15, 0.2) is 47.6 Å². The van der Waals surface area contributed by atoms with Crippen molar-refractivity contribution >= 4 is 21.7 Å². The van der Waals surface area contributed by atoms with E-state index in [0.29, 0.717) is 5.56 Å². The van der Waals surface area contributed by atoms with Gasteiger partial charge in [0.1, 0.15) is 0 Å². The molecule has 21 heavy (non-hydrogen) atoms. The van der Waals surface area contributed by atoms with E-state index < -0.39 is 26.8 Å². The molecule has 0 radical (unpaired) electrons. The van der Waals surface area contributed by atoms with Gasteiger partial charge < -0.3 is 5.11 Å². The van der Waals surface area contributed by atoms with Gasteiger partial charge in [0.25, 0.3) is 10.0 Å². The summed E-state index contributed by atoms with van der Waals surface area (Å²) in [5.41, 5.74) is 0.558. The zero-order valence-corrected chi connectivity index (χ0v) is 11.5. The molecule has 0 saturated carbocycles. The molecule has 0 unspecified atom stereocenters. The monoisotopic (exact) mass is 310 g/mol. The van der Waals surface area contributed by atoms with E-state index in [9.17, 15) is 17.6 Å². The van der Waals surface area contributed by atoms with Crippen LogP contribution in [-0.2, 0) is 21.2 Å². The summed E-state index contributed by atoms with van der Waals surface area (Å²) in [5, 5.41) is 7.99. The van der Waals surface area contributed by atoms with Gasteiger partial charge in [0.2, 0.25) is 5.03 Å². The average molecular weight is 310 g/mol. The van der Waals surface area contributed by atoms with E-state index in [4.69, 9.17) is 5.11 Å². The van der Waals surface area contributed by atoms with Crippen molar-refractivity contribution in [2.45, 2.75) is 11.4 Å². The fourth-order valence-corrected chi connectivity index (χ4v) is 2.75. The number of aliphatic carboxylic acids is 1. The molecule has 0 fully saturated rings. The van der Waals surface area contributed by atoms with E-state index in [-0.39, 0.29) is 12.1 Å². The topological polar surface area (TPSA) is 96.4 Å². The predicted octanol–water partition coefficient (Wildman–Crippen LogP) is 1.65. The molecule has 2 rings (SSSR count). The first-order chi connectivity index (χ1) is 9.88. The van der Waals surface area contributed by atoms with Crippen LogP contribution >= 0.6 is 0 Å². The minimum atomic E-state index is -4.17. The van der Waals surface area contributed by atoms with Crippen molar-refractivity contribution in [1.29, 1.82) is 0 Å². The fourth-order valence-electron chi connectivity index (χ4n) is 1.69. The maximum absolute atomic E-state index is 13.5. The number of aromatic nitrogens is 1. The van der Waals surface area contributed by atoms with Crippen LogP contribution in [0.1, 0.15) is 5.56 Å². The zero-order chi connectivity index (χ0) is 15.5. The summed E-state index contributed by atoms with van der Waals surface area (Å²) in [6, 6.07) is 8.12. The first kappa shape index (κ1) is 14.9. The second kappa shape index (κ2) is 5.88. The maximum atomic E-state index is 13.5. The number of carboxylic acids is 1. The molecular formula is C13H11FN2O4S. The van der Waals surface area contributed by atoms with E-state index in [1.807, 2.05) is 0 Å². The van der Waals surface area contributed by atoms with Crippen molar-refractivity contribution < 1.29 is 22.7 Å². The quantitative estimate of drug-likeness (QED) is 0.875. The van der Waals surface area contributed by atoms with Crippen molar-refractivity contribution in [3.8, 4) is 0 Å². The molecule has 0 aliphatic heterocycles. The molecule has 1 aromatic heterocycles. The van der Waals surface area contributed by atoms with Crippen molar-refractivity contribution in [2.75, 3.05) is 4.72 Å². The number of carboxylic acid groups (broad SMARTS) is 1. The second-order valence-electron chi connectivity index (χ2n) is 4.17. The van der Waals surface area contributed by atoms with Gasteiger partial charge in [-0.3, -0.25) is 9.52 Å². The first-order valence-electron chi connectivity index (χ1n) is 5.82. The highest BCUT2D eigenvalue weighted by Gasteiger charge is 2.20. The Morgan fingerprint density at radius 1 is 1.29 bits per heavy atom. The Bertz CT molecular complexity index is 777. The normalized spacial score (nSPS) is 11.1. The minimum Gasteiger partial charge on any atom is -0.481 e. The van der Waals surface area contributed by atoms with Crippen LogP contribution in [0.3, 0.4) is 0 Å². The van der Waals surface area contributed by atoms with Crippen LogP contribution in [0.4, 0.5) is 10.1 Å². The van der Waals surface area contributed by atoms with E-state index >= 15 is 0 Å². The third kappa shape index (κ3) is 3.76. The Morgan fingerprint density at radius 3 is 2.71 bits per heavy atom. The Morgan fingerprint density at radius 2 is 2.05 bits per heavy atom. The van der Waals surface area contributed by atoms with Gasteiger partial charge in [-0.05, 0) is 29.8 Å². The van der Waals surface area contributed by atoms with Gasteiger partial charge in [-0.2, -0.15) is 8.42 Å². The number of nitrogens with one attached hydrogen (secondary N) is 1. The zero-order valence-electron chi connectivity index (χ0n) is 10.7. The number of halogens is 1. The highest BCUT2D eigenvalue weighted by Crippen LogP contribution is 2.18. The van der Waals surface area contributed by atoms with Crippen molar-refractivity contribution in [2.24, 2.45) is 0 Å². The summed E-state index contributed by atoms with van der Waals surface area (Å²) in [5.74, 6) is -2.00. The van der Waals surface area contributed by atoms with Gasteiger partial charge in [-0.1, -0.05) is 12.1 Å². The van der Waals surface area contributed by atoms with Crippen LogP contribution in [0.2, 0.25) is 0 Å². The molecule has 2 N–H and O–H groups in total. The number of rotatable bonds is 5. The fraction of sp³-hybridized carbons (Fsp3) is 0.0769. The number of hydrogen-bond acceptors (Lipinski definition) is 4. The third-order valence-electron chi connectivity index (χ3n) is 2.51. The van der Waals surface area contributed by atoms with Gasteiger partial charge in [-0.25, -0.2) is 9.37 Å². The third-order valence-corrected chi connectivity index (χ3v) is 3.83. The molecule has 0 aliphatic rings. The predicted molar refractivity (Wildman–Crippen MR) is 72.8 cm³/mol. The van der Waals surface area contributed by atoms with E-state index in [1.54, 1.807) is 6.07 Å². The molecule has 0 aliphatic carbocycles. The SMILES string of the molecule is O=C(O)Cc1cccc(NS(=O)(=O)c2ncccc2F)c1. The Labute approximate surface area is 120 Å². The van der Waals surface area contributed by atoms with Gasteiger partial charge >= 0.3 is 5.97 Å². The molecule has 0 bridgehead atoms. The van der Waals surface area contributed by atoms with E-state index in [0.717, 1.165) is 6.07 Å². The Balaban J connectivity index is 2.29. The molecular weight excluding hydrogens is 299 g/mol. The highest BCUT2D eigenvalue weighted by molar-refractivity contribution is 7.92. The first-order valence-corrected chi connectivity index (χ1v) is 7.31. The molecule has 0 amide bonds. The summed E-state index contributed by atoms with van der Waals surface area (Å²) in [6.45, 7) is 0. The number of hydrogen-bond donors (Lipinski definition) is 2. The van der Waals surface area contributed by atoms with Crippen LogP contribution < -0.4 is 4.72 Å². The standard InChI is InChI=1S/C13H11FN2O4S/c14-11-5-2-6-15-13(11)21(19,20)16-10-4-1-3-9(7-10)8-12(17)18/h1-7,16H,8H2,(H,17,18). The lowest BCUT2D eigenvalue weighted by atomic mass is 10.1. The lowest BCUT2D eigenvalue weighted by molar-refractivity contribution is -0.136. The van der Waals surface area contributed by atoms with Crippen molar-refractivity contribution in [3.05, 3.63) is 54.0 Å². The van der Waals surface area contributed by atoms with Gasteiger partial charge in [-0.15, -0.1) is 0 Å². The molecule has 8 heteroatoms. The average Bonchev–Trinajstić information content (AvgIpc) is 2.38. The minimum absolute atomic E-state index is 0.138. The smallest absolute Gasteiger partial charge is 0.307 e. The van der Waals surface area contributed by atoms with Crippen molar-refractivity contribution in [3.63, 3.8) is 0 Å². The maximum Gasteiger partial charge on any atom is 0.307 e. The van der Waals surface area contributed by atoms with Crippen LogP contribution in [0.25, 0.3) is 0 Å². The van der Waals surface area contributed by atoms with Crippen molar-refractivity contribution in [1.82, 2.24) is 4.98 Å². The molecule has 1 aromatic carbocycles. The van der Waals surface area contributed by atoms with Gasteiger partial charge in [0.15, 0.2) is 5.82 Å². The highest BCUT2D eigenvalue weighted by atomic mass is 32.2. The largest absolute Gasteiger partial charge is 0.481 e.